The van der Waals surface area contributed by atoms with E-state index in [-0.39, 0.29) is 48.8 Å². The molecule has 0 radical (unpaired) electrons. The Labute approximate surface area is 328 Å². The molecule has 3 aliphatic rings. The van der Waals surface area contributed by atoms with E-state index in [4.69, 9.17) is 57.6 Å². The quantitative estimate of drug-likeness (QED) is 0.0972. The minimum atomic E-state index is -0.701. The van der Waals surface area contributed by atoms with Gasteiger partial charge in [0.05, 0.1) is 65.2 Å². The predicted octanol–water partition coefficient (Wildman–Crippen LogP) is 0.589. The molecular formula is C27H33Br2N17O10. The van der Waals surface area contributed by atoms with Crippen LogP contribution in [0.2, 0.25) is 0 Å². The number of aliphatic hydroxyl groups is 3. The van der Waals surface area contributed by atoms with Crippen molar-refractivity contribution in [2.45, 2.75) is 74.4 Å². The van der Waals surface area contributed by atoms with Crippen LogP contribution in [0.15, 0.2) is 68.1 Å². The lowest BCUT2D eigenvalue weighted by molar-refractivity contribution is -0.0271. The van der Waals surface area contributed by atoms with Gasteiger partial charge >= 0.3 is 17.1 Å². The summed E-state index contributed by atoms with van der Waals surface area (Å²) in [5.41, 5.74) is 33.9. The zero-order valence-corrected chi connectivity index (χ0v) is 31.8. The fourth-order valence-corrected chi connectivity index (χ4v) is 6.33. The van der Waals surface area contributed by atoms with E-state index < -0.39 is 77.7 Å². The zero-order chi connectivity index (χ0) is 41.1. The molecule has 0 aliphatic carbocycles. The molecule has 0 bridgehead atoms. The normalized spacial score (nSPS) is 26.3. The summed E-state index contributed by atoms with van der Waals surface area (Å²) in [6, 6.07) is -0.116. The van der Waals surface area contributed by atoms with Crippen LogP contribution in [0.5, 0.6) is 0 Å². The molecule has 3 aromatic heterocycles. The van der Waals surface area contributed by atoms with Gasteiger partial charge in [0.1, 0.15) is 30.3 Å². The van der Waals surface area contributed by atoms with Crippen molar-refractivity contribution in [3.05, 3.63) is 107 Å². The summed E-state index contributed by atoms with van der Waals surface area (Å²) in [5.74, 6) is 0.212. The number of anilines is 2. The predicted molar refractivity (Wildman–Crippen MR) is 198 cm³/mol. The van der Waals surface area contributed by atoms with Gasteiger partial charge in [0.25, 0.3) is 5.56 Å². The second-order valence-corrected chi connectivity index (χ2v) is 13.5. The Morgan fingerprint density at radius 1 is 0.732 bits per heavy atom. The Hall–Kier alpha value is -5.31. The highest BCUT2D eigenvalue weighted by Crippen LogP contribution is 2.32. The number of hydrogen-bond donors (Lipinski definition) is 6. The van der Waals surface area contributed by atoms with Gasteiger partial charge in [-0.25, -0.2) is 14.4 Å². The summed E-state index contributed by atoms with van der Waals surface area (Å²) in [4.78, 5) is 63.7. The number of nitrogen functional groups attached to an aromatic ring is 2. The third kappa shape index (κ3) is 10.5. The number of nitrogens with zero attached hydrogens (tertiary/aromatic N) is 14. The van der Waals surface area contributed by atoms with Gasteiger partial charge in [0, 0.05) is 52.6 Å². The number of rotatable bonds is 9. The summed E-state index contributed by atoms with van der Waals surface area (Å²) >= 11 is 6.19. The highest BCUT2D eigenvalue weighted by Gasteiger charge is 2.38. The van der Waals surface area contributed by atoms with Gasteiger partial charge in [-0.15, -0.1) is 0 Å². The van der Waals surface area contributed by atoms with Crippen LogP contribution in [0.1, 0.15) is 37.9 Å². The van der Waals surface area contributed by atoms with Crippen molar-refractivity contribution in [1.29, 1.82) is 0 Å². The van der Waals surface area contributed by atoms with Crippen molar-refractivity contribution in [2.24, 2.45) is 15.3 Å². The van der Waals surface area contributed by atoms with Gasteiger partial charge in [-0.05, 0) is 54.5 Å². The number of nitrogens with one attached hydrogen (secondary N) is 1. The van der Waals surface area contributed by atoms with Crippen LogP contribution < -0.4 is 34.1 Å². The van der Waals surface area contributed by atoms with Gasteiger partial charge in [-0.2, -0.15) is 9.97 Å². The van der Waals surface area contributed by atoms with E-state index in [9.17, 15) is 19.2 Å². The van der Waals surface area contributed by atoms with Gasteiger partial charge in [0.2, 0.25) is 0 Å². The molecule has 27 nitrogen and oxygen atoms in total. The summed E-state index contributed by atoms with van der Waals surface area (Å²) in [6.45, 7) is -0.894. The molecule has 0 spiro atoms. The molecule has 8 N–H and O–H groups in total. The first kappa shape index (κ1) is 43.4. The zero-order valence-electron chi connectivity index (χ0n) is 28.6. The lowest BCUT2D eigenvalue weighted by Crippen LogP contribution is -2.32. The Bertz CT molecular complexity index is 2250. The van der Waals surface area contributed by atoms with Crippen molar-refractivity contribution in [1.82, 2.24) is 28.7 Å². The Morgan fingerprint density at radius 3 is 1.61 bits per heavy atom. The highest BCUT2D eigenvalue weighted by atomic mass is 79.9. The van der Waals surface area contributed by atoms with Crippen LogP contribution in [0, 0.1) is 0 Å². The maximum atomic E-state index is 11.7. The van der Waals surface area contributed by atoms with Crippen LogP contribution in [-0.2, 0) is 14.2 Å². The number of aromatic nitrogens is 6. The first-order chi connectivity index (χ1) is 26.8. The van der Waals surface area contributed by atoms with Crippen LogP contribution in [-0.4, -0.2) is 100 Å². The molecule has 56 heavy (non-hydrogen) atoms. The average Bonchev–Trinajstić information content (AvgIpc) is 3.89. The monoisotopic (exact) mass is 913 g/mol. The molecule has 3 saturated heterocycles. The molecule has 0 amide bonds. The topological polar surface area (TPSA) is 411 Å². The fraction of sp³-hybridized carbons (Fsp3) is 0.556. The van der Waals surface area contributed by atoms with Crippen LogP contribution in [0.4, 0.5) is 11.6 Å². The number of halogens is 2. The molecule has 0 aromatic carbocycles. The standard InChI is InChI=1S/C9H11BrN6O3.C9H10BrN5O4.C9H12N6O3/c10-4-2-16(9(18)13-8(4)11)7-1-5(14-15-12)6(3-17)19-7;10-4-2-15(9(18)12-8(4)17)7-1-5(13-14-11)6(3-16)19-7;10-7-1-2-15(9(17)12-7)8-3-5(13-14-11)6(4-16)18-8/h2,5-7,17H,1,3H2,(H2,11,13,18);2,5-7,16H,1,3H2,(H,12,17,18);1-2,5-6,8,16H,3-4H2,(H2,10,12,17)/t2*5-,6+,7+;5-,6+,8+/m000/s1. The Kier molecular flexibility index (Phi) is 15.5. The molecule has 3 aromatic rings. The van der Waals surface area contributed by atoms with Crippen LogP contribution in [0.25, 0.3) is 31.3 Å². The third-order valence-corrected chi connectivity index (χ3v) is 9.57. The molecule has 9 atom stereocenters. The van der Waals surface area contributed by atoms with Gasteiger partial charge in [-0.3, -0.25) is 23.5 Å². The average molecular weight is 915 g/mol. The van der Waals surface area contributed by atoms with E-state index in [1.54, 1.807) is 0 Å². The van der Waals surface area contributed by atoms with Gasteiger partial charge in [-0.1, -0.05) is 15.3 Å². The fourth-order valence-electron chi connectivity index (χ4n) is 5.70. The molecule has 3 fully saturated rings. The second-order valence-electron chi connectivity index (χ2n) is 11.8. The molecule has 300 valence electrons. The molecule has 29 heteroatoms. The van der Waals surface area contributed by atoms with E-state index in [0.717, 1.165) is 0 Å². The lowest BCUT2D eigenvalue weighted by Gasteiger charge is -2.15. The van der Waals surface area contributed by atoms with Crippen molar-refractivity contribution < 1.29 is 29.5 Å². The number of aromatic amines is 1. The van der Waals surface area contributed by atoms with Crippen molar-refractivity contribution in [3.8, 4) is 0 Å². The van der Waals surface area contributed by atoms with Crippen LogP contribution >= 0.6 is 31.9 Å². The van der Waals surface area contributed by atoms with E-state index in [1.165, 1.54) is 38.4 Å². The smallest absolute Gasteiger partial charge is 0.351 e. The third-order valence-electron chi connectivity index (χ3n) is 8.39. The summed E-state index contributed by atoms with van der Waals surface area (Å²) in [5, 5.41) is 38.0. The molecule has 6 heterocycles. The minimum Gasteiger partial charge on any atom is -0.394 e. The minimum absolute atomic E-state index is 0.0875. The Morgan fingerprint density at radius 2 is 1.16 bits per heavy atom. The van der Waals surface area contributed by atoms with Crippen molar-refractivity contribution in [2.75, 3.05) is 31.3 Å². The van der Waals surface area contributed by atoms with Gasteiger partial charge in [0.15, 0.2) is 0 Å². The maximum absolute atomic E-state index is 11.7. The number of ether oxygens (including phenoxy) is 3. The largest absolute Gasteiger partial charge is 0.394 e. The molecule has 0 unspecified atom stereocenters. The summed E-state index contributed by atoms with van der Waals surface area (Å²) in [6.07, 6.45) is 1.18. The number of azide groups is 3. The molecule has 3 aliphatic heterocycles. The number of aliphatic hydroxyl groups excluding tert-OH is 3. The van der Waals surface area contributed by atoms with E-state index in [0.29, 0.717) is 10.9 Å². The molecular weight excluding hydrogens is 882 g/mol. The van der Waals surface area contributed by atoms with Gasteiger partial charge < -0.3 is 41.0 Å². The van der Waals surface area contributed by atoms with E-state index in [2.05, 4.69) is 76.9 Å². The van der Waals surface area contributed by atoms with Crippen molar-refractivity contribution >= 4 is 43.5 Å². The SMILES string of the molecule is [N-]=[N+]=N[C@H]1C[C@H](n2cc(Br)c(=O)[nH]c2=O)O[C@@H]1CO.[N-]=[N+]=N[C@H]1C[C@H](n2cc(Br)c(N)nc2=O)O[C@@H]1CO.[N-]=[N+]=N[C@H]1C[C@H](n2ccc(N)nc2=O)O[C@@H]1CO. The lowest BCUT2D eigenvalue weighted by atomic mass is 10.1. The molecule has 6 rings (SSSR count). The summed E-state index contributed by atoms with van der Waals surface area (Å²) in [7, 11) is 0. The second kappa shape index (κ2) is 20.0. The maximum Gasteiger partial charge on any atom is 0.351 e. The molecule has 0 saturated carbocycles. The number of nitrogens with two attached hydrogens (primary N) is 2. The van der Waals surface area contributed by atoms with E-state index in [1.807, 2.05) is 0 Å². The first-order valence-electron chi connectivity index (χ1n) is 16.1. The number of hydrogen-bond acceptors (Lipinski definition) is 17. The van der Waals surface area contributed by atoms with Crippen molar-refractivity contribution in [3.63, 3.8) is 0 Å². The Balaban J connectivity index is 0.000000187. The first-order valence-corrected chi connectivity index (χ1v) is 17.7. The van der Waals surface area contributed by atoms with Crippen LogP contribution in [0.3, 0.4) is 0 Å². The number of H-pyrrole nitrogens is 1. The van der Waals surface area contributed by atoms with E-state index >= 15 is 0 Å². The highest BCUT2D eigenvalue weighted by molar-refractivity contribution is 9.10. The summed E-state index contributed by atoms with van der Waals surface area (Å²) < 4.78 is 20.7.